The summed E-state index contributed by atoms with van der Waals surface area (Å²) in [5.41, 5.74) is 1.21. The van der Waals surface area contributed by atoms with Crippen LogP contribution in [0.15, 0.2) is 30.3 Å². The van der Waals surface area contributed by atoms with Gasteiger partial charge in [0.2, 0.25) is 0 Å². The van der Waals surface area contributed by atoms with E-state index < -0.39 is 0 Å². The van der Waals surface area contributed by atoms with Crippen LogP contribution in [-0.2, 0) is 11.2 Å². The van der Waals surface area contributed by atoms with Crippen LogP contribution in [-0.4, -0.2) is 30.8 Å². The molecule has 0 heterocycles. The molecule has 0 aliphatic carbocycles. The second-order valence-corrected chi connectivity index (χ2v) is 3.78. The van der Waals surface area contributed by atoms with Gasteiger partial charge in [-0.05, 0) is 33.0 Å². The van der Waals surface area contributed by atoms with Crippen LogP contribution in [0.5, 0.6) is 0 Å². The van der Waals surface area contributed by atoms with Crippen LogP contribution in [0.3, 0.4) is 0 Å². The molecule has 2 heteroatoms. The second-order valence-electron chi connectivity index (χ2n) is 3.78. The number of benzene rings is 1. The van der Waals surface area contributed by atoms with Gasteiger partial charge in [-0.2, -0.15) is 0 Å². The number of ketones is 1. The Balaban J connectivity index is 0.00000106. The predicted molar refractivity (Wildman–Crippen MR) is 69.7 cm³/mol. The van der Waals surface area contributed by atoms with Gasteiger partial charge in [0.1, 0.15) is 5.78 Å². The Morgan fingerprint density at radius 3 is 2.06 bits per heavy atom. The molecular formula is C14H23NO. The second kappa shape index (κ2) is 8.05. The zero-order chi connectivity index (χ0) is 12.6. The summed E-state index contributed by atoms with van der Waals surface area (Å²) in [6.07, 6.45) is 0.795. The van der Waals surface area contributed by atoms with E-state index in [0.29, 0.717) is 0 Å². The average Bonchev–Trinajstić information content (AvgIpc) is 2.29. The van der Waals surface area contributed by atoms with Gasteiger partial charge in [-0.3, -0.25) is 9.69 Å². The monoisotopic (exact) mass is 221 g/mol. The number of hydrogen-bond donors (Lipinski definition) is 0. The summed E-state index contributed by atoms with van der Waals surface area (Å²) in [4.78, 5) is 13.3. The van der Waals surface area contributed by atoms with Crippen molar-refractivity contribution in [2.75, 3.05) is 14.1 Å². The molecule has 0 aliphatic heterocycles. The summed E-state index contributed by atoms with van der Waals surface area (Å²) in [7, 11) is 3.88. The molecule has 2 nitrogen and oxygen atoms in total. The first-order chi connectivity index (χ1) is 7.61. The van der Waals surface area contributed by atoms with Crippen molar-refractivity contribution in [1.29, 1.82) is 0 Å². The third kappa shape index (κ3) is 5.08. The highest BCUT2D eigenvalue weighted by molar-refractivity contribution is 5.81. The van der Waals surface area contributed by atoms with Crippen molar-refractivity contribution in [3.63, 3.8) is 0 Å². The average molecular weight is 221 g/mol. The van der Waals surface area contributed by atoms with Gasteiger partial charge in [0, 0.05) is 0 Å². The highest BCUT2D eigenvalue weighted by Gasteiger charge is 2.16. The predicted octanol–water partition coefficient (Wildman–Crippen LogP) is 2.77. The van der Waals surface area contributed by atoms with Crippen molar-refractivity contribution in [3.05, 3.63) is 35.9 Å². The maximum atomic E-state index is 11.3. The molecule has 0 amide bonds. The molecule has 0 radical (unpaired) electrons. The van der Waals surface area contributed by atoms with Crippen molar-refractivity contribution >= 4 is 5.78 Å². The molecule has 0 N–H and O–H groups in total. The van der Waals surface area contributed by atoms with Crippen LogP contribution in [0, 0.1) is 0 Å². The Morgan fingerprint density at radius 1 is 1.19 bits per heavy atom. The first-order valence-corrected chi connectivity index (χ1v) is 5.82. The van der Waals surface area contributed by atoms with E-state index >= 15 is 0 Å². The Kier molecular flexibility index (Phi) is 7.48. The van der Waals surface area contributed by atoms with Crippen molar-refractivity contribution < 1.29 is 4.79 Å². The van der Waals surface area contributed by atoms with E-state index in [0.717, 1.165) is 6.42 Å². The quantitative estimate of drug-likeness (QED) is 0.779. The molecule has 0 aliphatic rings. The van der Waals surface area contributed by atoms with E-state index in [1.165, 1.54) is 5.56 Å². The topological polar surface area (TPSA) is 20.3 Å². The molecule has 1 aromatic rings. The largest absolute Gasteiger partial charge is 0.299 e. The van der Waals surface area contributed by atoms with E-state index in [1.54, 1.807) is 6.92 Å². The summed E-state index contributed by atoms with van der Waals surface area (Å²) < 4.78 is 0. The van der Waals surface area contributed by atoms with Crippen LogP contribution in [0.25, 0.3) is 0 Å². The van der Waals surface area contributed by atoms with Gasteiger partial charge in [-0.1, -0.05) is 44.2 Å². The van der Waals surface area contributed by atoms with E-state index in [9.17, 15) is 4.79 Å². The normalized spacial score (nSPS) is 11.6. The Hall–Kier alpha value is -1.15. The minimum Gasteiger partial charge on any atom is -0.299 e. The SMILES string of the molecule is CC.CC(=O)[C@H](Cc1ccccc1)N(C)C. The number of carbonyl (C=O) groups is 1. The summed E-state index contributed by atoms with van der Waals surface area (Å²) in [6, 6.07) is 10.1. The lowest BCUT2D eigenvalue weighted by atomic mass is 10.0. The van der Waals surface area contributed by atoms with Crippen LogP contribution in [0.1, 0.15) is 26.3 Å². The van der Waals surface area contributed by atoms with Crippen molar-refractivity contribution in [3.8, 4) is 0 Å². The van der Waals surface area contributed by atoms with Crippen LogP contribution >= 0.6 is 0 Å². The Bertz CT molecular complexity index is 293. The lowest BCUT2D eigenvalue weighted by molar-refractivity contribution is -0.121. The molecule has 0 saturated carbocycles. The molecule has 16 heavy (non-hydrogen) atoms. The standard InChI is InChI=1S/C12H17NO.C2H6/c1-10(14)12(13(2)3)9-11-7-5-4-6-8-11;1-2/h4-8,12H,9H2,1-3H3;1-2H3/t12-;/m0./s1. The number of nitrogens with zero attached hydrogens (tertiary/aromatic N) is 1. The van der Waals surface area contributed by atoms with Crippen LogP contribution in [0.4, 0.5) is 0 Å². The number of likely N-dealkylation sites (N-methyl/N-ethyl adjacent to an activating group) is 1. The molecule has 1 atom stereocenters. The molecule has 0 bridgehead atoms. The maximum absolute atomic E-state index is 11.3. The van der Waals surface area contributed by atoms with Crippen molar-refractivity contribution in [1.82, 2.24) is 4.90 Å². The fraction of sp³-hybridized carbons (Fsp3) is 0.500. The lowest BCUT2D eigenvalue weighted by Crippen LogP contribution is -2.36. The number of rotatable bonds is 4. The molecular weight excluding hydrogens is 198 g/mol. The number of carbonyl (C=O) groups excluding carboxylic acids is 1. The summed E-state index contributed by atoms with van der Waals surface area (Å²) in [6.45, 7) is 5.65. The fourth-order valence-corrected chi connectivity index (χ4v) is 1.53. The Labute approximate surface area is 99.3 Å². The van der Waals surface area contributed by atoms with Crippen LogP contribution < -0.4 is 0 Å². The smallest absolute Gasteiger partial charge is 0.147 e. The summed E-state index contributed by atoms with van der Waals surface area (Å²) in [5.74, 6) is 0.221. The third-order valence-corrected chi connectivity index (χ3v) is 2.36. The molecule has 1 rings (SSSR count). The highest BCUT2D eigenvalue weighted by Crippen LogP contribution is 2.07. The van der Waals surface area contributed by atoms with Gasteiger partial charge in [0.15, 0.2) is 0 Å². The van der Waals surface area contributed by atoms with Crippen molar-refractivity contribution in [2.24, 2.45) is 0 Å². The van der Waals surface area contributed by atoms with E-state index in [1.807, 2.05) is 51.0 Å². The van der Waals surface area contributed by atoms with E-state index in [-0.39, 0.29) is 11.8 Å². The Morgan fingerprint density at radius 2 is 1.69 bits per heavy atom. The zero-order valence-corrected chi connectivity index (χ0v) is 11.0. The first kappa shape index (κ1) is 14.8. The first-order valence-electron chi connectivity index (χ1n) is 5.82. The number of hydrogen-bond acceptors (Lipinski definition) is 2. The van der Waals surface area contributed by atoms with Gasteiger partial charge in [0.25, 0.3) is 0 Å². The fourth-order valence-electron chi connectivity index (χ4n) is 1.53. The molecule has 90 valence electrons. The van der Waals surface area contributed by atoms with E-state index in [4.69, 9.17) is 0 Å². The minimum atomic E-state index is -0.00241. The van der Waals surface area contributed by atoms with Gasteiger partial charge in [-0.15, -0.1) is 0 Å². The molecule has 0 spiro atoms. The zero-order valence-electron chi connectivity index (χ0n) is 11.0. The summed E-state index contributed by atoms with van der Waals surface area (Å²) in [5, 5.41) is 0. The molecule has 0 saturated heterocycles. The van der Waals surface area contributed by atoms with Gasteiger partial charge in [0.05, 0.1) is 6.04 Å². The van der Waals surface area contributed by atoms with Gasteiger partial charge in [-0.25, -0.2) is 0 Å². The number of Topliss-reactive ketones (excluding diaryl/α,β-unsaturated/α-hetero) is 1. The molecule has 0 unspecified atom stereocenters. The molecule has 0 fully saturated rings. The minimum absolute atomic E-state index is 0.00241. The molecule has 1 aromatic carbocycles. The maximum Gasteiger partial charge on any atom is 0.147 e. The summed E-state index contributed by atoms with van der Waals surface area (Å²) >= 11 is 0. The van der Waals surface area contributed by atoms with Gasteiger partial charge < -0.3 is 0 Å². The van der Waals surface area contributed by atoms with Crippen molar-refractivity contribution in [2.45, 2.75) is 33.2 Å². The van der Waals surface area contributed by atoms with E-state index in [2.05, 4.69) is 12.1 Å². The lowest BCUT2D eigenvalue weighted by Gasteiger charge is -2.21. The van der Waals surface area contributed by atoms with Crippen LogP contribution in [0.2, 0.25) is 0 Å². The highest BCUT2D eigenvalue weighted by atomic mass is 16.1. The van der Waals surface area contributed by atoms with Gasteiger partial charge >= 0.3 is 0 Å². The molecule has 0 aromatic heterocycles. The third-order valence-electron chi connectivity index (χ3n) is 2.36.